The van der Waals surface area contributed by atoms with E-state index in [2.05, 4.69) is 158 Å². The topological polar surface area (TPSA) is 0 Å². The molecule has 1 aliphatic carbocycles. The zero-order valence-electron chi connectivity index (χ0n) is 22.9. The summed E-state index contributed by atoms with van der Waals surface area (Å²) >= 11 is 1.88. The van der Waals surface area contributed by atoms with E-state index in [1.54, 1.807) is 0 Å². The van der Waals surface area contributed by atoms with Crippen LogP contribution in [0.1, 0.15) is 22.3 Å². The van der Waals surface area contributed by atoms with Gasteiger partial charge in [-0.25, -0.2) is 0 Å². The highest BCUT2D eigenvalue weighted by atomic mass is 32.2. The highest BCUT2D eigenvalue weighted by Crippen LogP contribution is 2.57. The molecule has 7 aromatic rings. The fourth-order valence-corrected chi connectivity index (χ4v) is 8.60. The molecule has 0 atom stereocenters. The average molecular weight is 551 g/mol. The van der Waals surface area contributed by atoms with E-state index in [1.807, 2.05) is 11.8 Å². The summed E-state index contributed by atoms with van der Waals surface area (Å²) in [5, 5.41) is 2.65. The zero-order valence-corrected chi connectivity index (χ0v) is 23.7. The first-order chi connectivity index (χ1) is 20.8. The van der Waals surface area contributed by atoms with Crippen molar-refractivity contribution in [2.45, 2.75) is 15.2 Å². The summed E-state index contributed by atoms with van der Waals surface area (Å²) in [5.74, 6) is 0. The molecule has 0 aromatic heterocycles. The van der Waals surface area contributed by atoms with E-state index < -0.39 is 5.41 Å². The van der Waals surface area contributed by atoms with Gasteiger partial charge in [-0.2, -0.15) is 0 Å². The van der Waals surface area contributed by atoms with Crippen LogP contribution in [-0.2, 0) is 5.41 Å². The quantitative estimate of drug-likeness (QED) is 0.211. The Morgan fingerprint density at radius 3 is 1.81 bits per heavy atom. The van der Waals surface area contributed by atoms with E-state index in [9.17, 15) is 0 Å². The largest absolute Gasteiger partial charge is 0.0888 e. The van der Waals surface area contributed by atoms with Crippen molar-refractivity contribution >= 4 is 22.5 Å². The Labute approximate surface area is 250 Å². The molecule has 196 valence electrons. The van der Waals surface area contributed by atoms with Crippen LogP contribution in [0.5, 0.6) is 0 Å². The van der Waals surface area contributed by atoms with Gasteiger partial charge in [0.25, 0.3) is 0 Å². The summed E-state index contributed by atoms with van der Waals surface area (Å²) < 4.78 is 0. The summed E-state index contributed by atoms with van der Waals surface area (Å²) in [4.78, 5) is 2.65. The first-order valence-corrected chi connectivity index (χ1v) is 15.3. The van der Waals surface area contributed by atoms with Crippen LogP contribution in [0.25, 0.3) is 44.2 Å². The number of rotatable bonds is 3. The number of benzene rings is 7. The highest BCUT2D eigenvalue weighted by molar-refractivity contribution is 7.99. The van der Waals surface area contributed by atoms with Crippen LogP contribution >= 0.6 is 11.8 Å². The van der Waals surface area contributed by atoms with E-state index in [-0.39, 0.29) is 0 Å². The second-order valence-electron chi connectivity index (χ2n) is 11.2. The smallest absolute Gasteiger partial charge is 0.0713 e. The maximum absolute atomic E-state index is 2.45. The third-order valence-electron chi connectivity index (χ3n) is 9.15. The summed E-state index contributed by atoms with van der Waals surface area (Å²) in [7, 11) is 0. The van der Waals surface area contributed by atoms with Crippen LogP contribution in [-0.4, -0.2) is 0 Å². The summed E-state index contributed by atoms with van der Waals surface area (Å²) in [6.07, 6.45) is 0. The second-order valence-corrected chi connectivity index (χ2v) is 12.3. The van der Waals surface area contributed by atoms with Crippen molar-refractivity contribution in [3.05, 3.63) is 180 Å². The molecule has 0 N–H and O–H groups in total. The average Bonchev–Trinajstić information content (AvgIpc) is 3.37. The van der Waals surface area contributed by atoms with E-state index in [0.29, 0.717) is 0 Å². The van der Waals surface area contributed by atoms with Crippen molar-refractivity contribution in [2.24, 2.45) is 0 Å². The van der Waals surface area contributed by atoms with Gasteiger partial charge in [0.1, 0.15) is 0 Å². The highest BCUT2D eigenvalue weighted by Gasteiger charge is 2.45. The molecule has 7 aromatic carbocycles. The van der Waals surface area contributed by atoms with Crippen LogP contribution in [0.3, 0.4) is 0 Å². The van der Waals surface area contributed by atoms with E-state index in [1.165, 1.54) is 76.2 Å². The molecule has 42 heavy (non-hydrogen) atoms. The Balaban J connectivity index is 1.36. The molecule has 9 rings (SSSR count). The minimum absolute atomic E-state index is 0.405. The van der Waals surface area contributed by atoms with Gasteiger partial charge in [-0.3, -0.25) is 0 Å². The molecule has 0 fully saturated rings. The van der Waals surface area contributed by atoms with Crippen molar-refractivity contribution in [3.63, 3.8) is 0 Å². The third kappa shape index (κ3) is 3.20. The number of fused-ring (bicyclic) bond motifs is 5. The van der Waals surface area contributed by atoms with Gasteiger partial charge >= 0.3 is 0 Å². The lowest BCUT2D eigenvalue weighted by Crippen LogP contribution is -2.28. The molecular formula is C41H26S. The van der Waals surface area contributed by atoms with Gasteiger partial charge < -0.3 is 0 Å². The molecule has 1 heteroatoms. The normalized spacial score (nSPS) is 13.8. The standard InChI is InChI=1S/C41H26S/c1-2-14-29(15-3-1)41(35-20-7-4-17-32(35)33-18-5-8-21-36(33)41)30-16-10-13-28(26-30)31-25-24-27-12-11-23-38-39(27)40(31)34-19-6-9-22-37(34)42-38/h1-26H. The van der Waals surface area contributed by atoms with Gasteiger partial charge in [-0.15, -0.1) is 0 Å². The molecular weight excluding hydrogens is 525 g/mol. The molecule has 0 nitrogen and oxygen atoms in total. The number of hydrogen-bond acceptors (Lipinski definition) is 1. The van der Waals surface area contributed by atoms with Crippen molar-refractivity contribution in [1.29, 1.82) is 0 Å². The van der Waals surface area contributed by atoms with Crippen molar-refractivity contribution < 1.29 is 0 Å². The van der Waals surface area contributed by atoms with E-state index in [0.717, 1.165) is 0 Å². The first kappa shape index (κ1) is 23.8. The summed E-state index contributed by atoms with van der Waals surface area (Å²) in [5.41, 5.74) is 12.7. The van der Waals surface area contributed by atoms with E-state index in [4.69, 9.17) is 0 Å². The Hall–Kier alpha value is -4.85. The summed E-state index contributed by atoms with van der Waals surface area (Å²) in [6.45, 7) is 0. The predicted molar refractivity (Wildman–Crippen MR) is 176 cm³/mol. The van der Waals surface area contributed by atoms with Crippen molar-refractivity contribution in [3.8, 4) is 33.4 Å². The van der Waals surface area contributed by atoms with Gasteiger partial charge in [0.2, 0.25) is 0 Å². The minimum atomic E-state index is -0.405. The number of hydrogen-bond donors (Lipinski definition) is 0. The molecule has 0 spiro atoms. The van der Waals surface area contributed by atoms with Gasteiger partial charge in [0.15, 0.2) is 0 Å². The maximum Gasteiger partial charge on any atom is 0.0713 e. The van der Waals surface area contributed by atoms with Crippen LogP contribution in [0.2, 0.25) is 0 Å². The molecule has 0 bridgehead atoms. The minimum Gasteiger partial charge on any atom is -0.0888 e. The molecule has 1 heterocycles. The molecule has 0 saturated carbocycles. The fourth-order valence-electron chi connectivity index (χ4n) is 7.46. The maximum atomic E-state index is 2.45. The van der Waals surface area contributed by atoms with Gasteiger partial charge in [-0.05, 0) is 79.2 Å². The second kappa shape index (κ2) is 9.08. The third-order valence-corrected chi connectivity index (χ3v) is 10.3. The molecule has 1 aliphatic heterocycles. The van der Waals surface area contributed by atoms with Crippen LogP contribution < -0.4 is 0 Å². The monoisotopic (exact) mass is 550 g/mol. The van der Waals surface area contributed by atoms with Gasteiger partial charge in [0, 0.05) is 15.2 Å². The predicted octanol–water partition coefficient (Wildman–Crippen LogP) is 11.0. The molecule has 0 unspecified atom stereocenters. The van der Waals surface area contributed by atoms with Crippen LogP contribution in [0.4, 0.5) is 0 Å². The van der Waals surface area contributed by atoms with E-state index >= 15 is 0 Å². The fraction of sp³-hybridized carbons (Fsp3) is 0.0244. The van der Waals surface area contributed by atoms with Gasteiger partial charge in [0.05, 0.1) is 5.41 Å². The lowest BCUT2D eigenvalue weighted by molar-refractivity contribution is 0.769. The zero-order chi connectivity index (χ0) is 27.7. The SMILES string of the molecule is c1ccc(C2(c3cccc(-c4ccc5cccc6c5c4-c4ccccc4S6)c3)c3ccccc3-c3ccccc32)cc1. The Kier molecular flexibility index (Phi) is 5.15. The van der Waals surface area contributed by atoms with Crippen molar-refractivity contribution in [2.75, 3.05) is 0 Å². The first-order valence-electron chi connectivity index (χ1n) is 14.5. The Morgan fingerprint density at radius 1 is 0.405 bits per heavy atom. The lowest BCUT2D eigenvalue weighted by Gasteiger charge is -2.34. The molecule has 0 amide bonds. The molecule has 0 radical (unpaired) electrons. The summed E-state index contributed by atoms with van der Waals surface area (Å²) in [6, 6.07) is 58.5. The Morgan fingerprint density at radius 2 is 1.02 bits per heavy atom. The van der Waals surface area contributed by atoms with Crippen molar-refractivity contribution in [1.82, 2.24) is 0 Å². The Bertz CT molecular complexity index is 2130. The molecule has 0 saturated heterocycles. The van der Waals surface area contributed by atoms with Crippen LogP contribution in [0.15, 0.2) is 168 Å². The van der Waals surface area contributed by atoms with Crippen LogP contribution in [0, 0.1) is 0 Å². The lowest BCUT2D eigenvalue weighted by atomic mass is 9.67. The molecule has 2 aliphatic rings. The van der Waals surface area contributed by atoms with Gasteiger partial charge in [-0.1, -0.05) is 151 Å².